The number of benzene rings is 1. The zero-order valence-corrected chi connectivity index (χ0v) is 12.6. The van der Waals surface area contributed by atoms with Crippen molar-refractivity contribution in [1.29, 1.82) is 0 Å². The fraction of sp³-hybridized carbons (Fsp3) is 0.214. The van der Waals surface area contributed by atoms with Crippen LogP contribution in [0.15, 0.2) is 40.1 Å². The van der Waals surface area contributed by atoms with Gasteiger partial charge in [-0.1, -0.05) is 18.2 Å². The van der Waals surface area contributed by atoms with Gasteiger partial charge in [0, 0.05) is 16.7 Å². The summed E-state index contributed by atoms with van der Waals surface area (Å²) in [5.74, 6) is 2.80. The molecule has 6 heteroatoms. The number of thioether (sulfide) groups is 1. The van der Waals surface area contributed by atoms with Gasteiger partial charge < -0.3 is 4.42 Å². The quantitative estimate of drug-likeness (QED) is 0.714. The van der Waals surface area contributed by atoms with Crippen molar-refractivity contribution in [3.05, 3.63) is 52.3 Å². The number of rotatable bonds is 5. The molecule has 0 N–H and O–H groups in total. The zero-order valence-electron chi connectivity index (χ0n) is 10.9. The van der Waals surface area contributed by atoms with E-state index < -0.39 is 0 Å². The van der Waals surface area contributed by atoms with Gasteiger partial charge in [-0.2, -0.15) is 0 Å². The maximum absolute atomic E-state index is 5.65. The first-order valence-corrected chi connectivity index (χ1v) is 8.21. The number of nitrogens with zero attached hydrogens (tertiary/aromatic N) is 3. The second kappa shape index (κ2) is 6.19. The first kappa shape index (κ1) is 13.3. The van der Waals surface area contributed by atoms with E-state index in [2.05, 4.69) is 20.6 Å². The summed E-state index contributed by atoms with van der Waals surface area (Å²) in [6, 6.07) is 9.80. The van der Waals surface area contributed by atoms with Crippen LogP contribution in [0.5, 0.6) is 0 Å². The molecular weight excluding hydrogens is 290 g/mol. The Morgan fingerprint density at radius 2 is 2.00 bits per heavy atom. The van der Waals surface area contributed by atoms with Crippen molar-refractivity contribution >= 4 is 23.1 Å². The van der Waals surface area contributed by atoms with Crippen LogP contribution in [0.1, 0.15) is 16.6 Å². The van der Waals surface area contributed by atoms with Crippen LogP contribution in [-0.2, 0) is 11.5 Å². The lowest BCUT2D eigenvalue weighted by Gasteiger charge is -1.95. The molecule has 0 saturated heterocycles. The van der Waals surface area contributed by atoms with Gasteiger partial charge in [0.1, 0.15) is 0 Å². The van der Waals surface area contributed by atoms with Crippen LogP contribution in [0.4, 0.5) is 0 Å². The van der Waals surface area contributed by atoms with Crippen LogP contribution in [0.3, 0.4) is 0 Å². The minimum Gasteiger partial charge on any atom is -0.420 e. The van der Waals surface area contributed by atoms with Gasteiger partial charge in [-0.3, -0.25) is 0 Å². The largest absolute Gasteiger partial charge is 0.420 e. The van der Waals surface area contributed by atoms with Gasteiger partial charge in [0.25, 0.3) is 0 Å². The molecule has 0 amide bonds. The van der Waals surface area contributed by atoms with Crippen molar-refractivity contribution in [3.8, 4) is 11.5 Å². The van der Waals surface area contributed by atoms with E-state index in [1.54, 1.807) is 23.1 Å². The first-order chi connectivity index (χ1) is 9.81. The van der Waals surface area contributed by atoms with E-state index in [4.69, 9.17) is 4.42 Å². The number of hydrogen-bond acceptors (Lipinski definition) is 6. The van der Waals surface area contributed by atoms with Gasteiger partial charge in [-0.05, 0) is 19.1 Å². The second-order valence-corrected chi connectivity index (χ2v) is 6.27. The van der Waals surface area contributed by atoms with E-state index in [1.807, 2.05) is 37.3 Å². The van der Waals surface area contributed by atoms with Crippen molar-refractivity contribution in [1.82, 2.24) is 15.2 Å². The van der Waals surface area contributed by atoms with Crippen molar-refractivity contribution in [2.75, 3.05) is 0 Å². The third-order valence-electron chi connectivity index (χ3n) is 2.63. The minimum atomic E-state index is 0.575. The van der Waals surface area contributed by atoms with Crippen molar-refractivity contribution in [2.24, 2.45) is 0 Å². The molecule has 2 heterocycles. The van der Waals surface area contributed by atoms with Gasteiger partial charge in [-0.15, -0.1) is 33.3 Å². The maximum atomic E-state index is 5.65. The summed E-state index contributed by atoms with van der Waals surface area (Å²) in [6.45, 7) is 2.02. The molecule has 0 fully saturated rings. The van der Waals surface area contributed by atoms with Gasteiger partial charge in [-0.25, -0.2) is 4.98 Å². The highest BCUT2D eigenvalue weighted by atomic mass is 32.2. The highest BCUT2D eigenvalue weighted by Crippen LogP contribution is 2.21. The van der Waals surface area contributed by atoms with E-state index in [-0.39, 0.29) is 0 Å². The fourth-order valence-electron chi connectivity index (χ4n) is 1.73. The average Bonchev–Trinajstić information content (AvgIpc) is 3.09. The predicted octanol–water partition coefficient (Wildman–Crippen LogP) is 3.93. The summed E-state index contributed by atoms with van der Waals surface area (Å²) in [4.78, 5) is 4.43. The lowest BCUT2D eigenvalue weighted by Crippen LogP contribution is -1.84. The Hall–Kier alpha value is -1.66. The summed E-state index contributed by atoms with van der Waals surface area (Å²) in [5, 5.41) is 11.3. The SMILES string of the molecule is Cc1nc(CSCc2nnc(-c3ccccc3)o2)cs1. The third kappa shape index (κ3) is 3.26. The van der Waals surface area contributed by atoms with E-state index in [9.17, 15) is 0 Å². The molecule has 0 aliphatic rings. The normalized spacial score (nSPS) is 10.8. The van der Waals surface area contributed by atoms with Gasteiger partial charge >= 0.3 is 0 Å². The molecule has 4 nitrogen and oxygen atoms in total. The minimum absolute atomic E-state index is 0.575. The number of aromatic nitrogens is 3. The molecule has 102 valence electrons. The summed E-state index contributed by atoms with van der Waals surface area (Å²) >= 11 is 3.41. The van der Waals surface area contributed by atoms with Gasteiger partial charge in [0.05, 0.1) is 16.5 Å². The van der Waals surface area contributed by atoms with Crippen LogP contribution in [0.2, 0.25) is 0 Å². The van der Waals surface area contributed by atoms with Gasteiger partial charge in [0.15, 0.2) is 0 Å². The Morgan fingerprint density at radius 3 is 2.75 bits per heavy atom. The molecular formula is C14H13N3OS2. The van der Waals surface area contributed by atoms with Crippen LogP contribution in [0, 0.1) is 6.92 Å². The highest BCUT2D eigenvalue weighted by Gasteiger charge is 2.08. The molecule has 0 radical (unpaired) electrons. The summed E-state index contributed by atoms with van der Waals surface area (Å²) < 4.78 is 5.65. The summed E-state index contributed by atoms with van der Waals surface area (Å²) in [5.41, 5.74) is 2.06. The molecule has 20 heavy (non-hydrogen) atoms. The van der Waals surface area contributed by atoms with E-state index in [0.29, 0.717) is 17.5 Å². The molecule has 1 aromatic carbocycles. The molecule has 0 bridgehead atoms. The van der Waals surface area contributed by atoms with Gasteiger partial charge in [0.2, 0.25) is 11.8 Å². The van der Waals surface area contributed by atoms with E-state index in [1.165, 1.54) is 0 Å². The Kier molecular flexibility index (Phi) is 4.13. The molecule has 3 rings (SSSR count). The van der Waals surface area contributed by atoms with Crippen molar-refractivity contribution < 1.29 is 4.42 Å². The molecule has 0 saturated carbocycles. The number of hydrogen-bond donors (Lipinski definition) is 0. The van der Waals surface area contributed by atoms with Crippen LogP contribution in [0.25, 0.3) is 11.5 Å². The predicted molar refractivity (Wildman–Crippen MR) is 81.6 cm³/mol. The Labute approximate surface area is 125 Å². The average molecular weight is 303 g/mol. The standard InChI is InChI=1S/C14H13N3OS2/c1-10-15-12(8-20-10)7-19-9-13-16-17-14(18-13)11-5-3-2-4-6-11/h2-6,8H,7,9H2,1H3. The third-order valence-corrected chi connectivity index (χ3v) is 4.40. The maximum Gasteiger partial charge on any atom is 0.247 e. The summed E-state index contributed by atoms with van der Waals surface area (Å²) in [6.07, 6.45) is 0. The Balaban J connectivity index is 1.58. The highest BCUT2D eigenvalue weighted by molar-refractivity contribution is 7.97. The first-order valence-electron chi connectivity index (χ1n) is 6.18. The zero-order chi connectivity index (χ0) is 13.8. The number of thiazole rings is 1. The topological polar surface area (TPSA) is 51.8 Å². The Bertz CT molecular complexity index is 679. The monoisotopic (exact) mass is 303 g/mol. The molecule has 0 atom stereocenters. The second-order valence-electron chi connectivity index (χ2n) is 4.22. The lowest BCUT2D eigenvalue weighted by atomic mass is 10.2. The van der Waals surface area contributed by atoms with Crippen LogP contribution >= 0.6 is 23.1 Å². The lowest BCUT2D eigenvalue weighted by molar-refractivity contribution is 0.528. The van der Waals surface area contributed by atoms with Crippen molar-refractivity contribution in [2.45, 2.75) is 18.4 Å². The molecule has 0 unspecified atom stereocenters. The smallest absolute Gasteiger partial charge is 0.247 e. The molecule has 2 aromatic heterocycles. The molecule has 3 aromatic rings. The Morgan fingerprint density at radius 1 is 1.15 bits per heavy atom. The molecule has 0 aliphatic heterocycles. The van der Waals surface area contributed by atoms with Crippen LogP contribution < -0.4 is 0 Å². The van der Waals surface area contributed by atoms with Crippen LogP contribution in [-0.4, -0.2) is 15.2 Å². The number of aryl methyl sites for hydroxylation is 1. The van der Waals surface area contributed by atoms with E-state index >= 15 is 0 Å². The van der Waals surface area contributed by atoms with Crippen molar-refractivity contribution in [3.63, 3.8) is 0 Å². The molecule has 0 aliphatic carbocycles. The summed E-state index contributed by atoms with van der Waals surface area (Å²) in [7, 11) is 0. The fourth-order valence-corrected chi connectivity index (χ4v) is 3.20. The molecule has 0 spiro atoms. The van der Waals surface area contributed by atoms with E-state index in [0.717, 1.165) is 22.0 Å².